The quantitative estimate of drug-likeness (QED) is 0.899. The maximum absolute atomic E-state index is 5.61. The molecule has 0 spiro atoms. The molecular formula is C13H16BrNO. The highest BCUT2D eigenvalue weighted by atomic mass is 79.9. The molecule has 0 aliphatic carbocycles. The van der Waals surface area contributed by atoms with E-state index in [1.807, 2.05) is 32.0 Å². The first-order valence-corrected chi connectivity index (χ1v) is 6.20. The Bertz CT molecular complexity index is 386. The molecule has 86 valence electrons. The molecule has 1 aromatic rings. The monoisotopic (exact) mass is 281 g/mol. The highest BCUT2D eigenvalue weighted by Gasteiger charge is 2.29. The van der Waals surface area contributed by atoms with Crippen LogP contribution >= 0.6 is 15.9 Å². The smallest absolute Gasteiger partial charge is 0.114 e. The summed E-state index contributed by atoms with van der Waals surface area (Å²) in [7, 11) is 0. The third-order valence-electron chi connectivity index (χ3n) is 2.55. The van der Waals surface area contributed by atoms with E-state index in [9.17, 15) is 0 Å². The van der Waals surface area contributed by atoms with Crippen LogP contribution in [0.3, 0.4) is 0 Å². The third-order valence-corrected chi connectivity index (χ3v) is 3.28. The topological polar surface area (TPSA) is 21.3 Å². The van der Waals surface area contributed by atoms with Gasteiger partial charge in [-0.15, -0.1) is 0 Å². The van der Waals surface area contributed by atoms with Gasteiger partial charge in [0.15, 0.2) is 0 Å². The summed E-state index contributed by atoms with van der Waals surface area (Å²) in [4.78, 5) is 0. The lowest BCUT2D eigenvalue weighted by atomic mass is 10.2. The van der Waals surface area contributed by atoms with Crippen molar-refractivity contribution in [2.24, 2.45) is 0 Å². The van der Waals surface area contributed by atoms with Crippen molar-refractivity contribution in [1.82, 2.24) is 5.32 Å². The Hall–Kier alpha value is -0.640. The van der Waals surface area contributed by atoms with Gasteiger partial charge in [-0.1, -0.05) is 52.3 Å². The van der Waals surface area contributed by atoms with Gasteiger partial charge in [-0.2, -0.15) is 0 Å². The first-order valence-electron chi connectivity index (χ1n) is 5.41. The number of nitrogens with one attached hydrogen (secondary N) is 1. The number of hydrogen-bond donors (Lipinski definition) is 1. The van der Waals surface area contributed by atoms with E-state index in [1.54, 1.807) is 0 Å². The number of rotatable bonds is 2. The number of hydrogen-bond acceptors (Lipinski definition) is 2. The summed E-state index contributed by atoms with van der Waals surface area (Å²) in [5.74, 6) is 0. The van der Waals surface area contributed by atoms with Crippen LogP contribution in [0.5, 0.6) is 0 Å². The van der Waals surface area contributed by atoms with E-state index in [-0.39, 0.29) is 11.8 Å². The van der Waals surface area contributed by atoms with Gasteiger partial charge in [0.05, 0.1) is 12.6 Å². The van der Waals surface area contributed by atoms with Crippen LogP contribution in [0.1, 0.15) is 19.4 Å². The molecule has 1 N–H and O–H groups in total. The molecule has 3 heteroatoms. The highest BCUT2D eigenvalue weighted by Crippen LogP contribution is 2.24. The second-order valence-corrected chi connectivity index (χ2v) is 5.31. The van der Waals surface area contributed by atoms with Crippen LogP contribution in [0.2, 0.25) is 0 Å². The van der Waals surface area contributed by atoms with Gasteiger partial charge in [0.1, 0.15) is 5.72 Å². The minimum Gasteiger partial charge on any atom is -0.359 e. The molecule has 1 aliphatic heterocycles. The zero-order valence-corrected chi connectivity index (χ0v) is 11.1. The molecular weight excluding hydrogens is 266 g/mol. The Kier molecular flexibility index (Phi) is 3.47. The Morgan fingerprint density at radius 2 is 2.12 bits per heavy atom. The molecule has 2 nitrogen and oxygen atoms in total. The molecule has 1 aliphatic rings. The predicted octanol–water partition coefficient (Wildman–Crippen LogP) is 3.15. The summed E-state index contributed by atoms with van der Waals surface area (Å²) < 4.78 is 6.72. The normalized spacial score (nSPS) is 24.7. The molecule has 1 aromatic carbocycles. The maximum Gasteiger partial charge on any atom is 0.114 e. The number of benzene rings is 1. The predicted molar refractivity (Wildman–Crippen MR) is 70.3 cm³/mol. The Balaban J connectivity index is 2.08. The fraction of sp³-hybridized carbons (Fsp3) is 0.385. The SMILES string of the molecule is CC1(C)NC(/C=C(\Br)c2ccccc2)CO1. The number of halogens is 1. The van der Waals surface area contributed by atoms with E-state index in [1.165, 1.54) is 5.56 Å². The summed E-state index contributed by atoms with van der Waals surface area (Å²) in [6.07, 6.45) is 2.16. The van der Waals surface area contributed by atoms with E-state index in [0.717, 1.165) is 11.1 Å². The van der Waals surface area contributed by atoms with Crippen molar-refractivity contribution < 1.29 is 4.74 Å². The van der Waals surface area contributed by atoms with Crippen LogP contribution in [-0.2, 0) is 4.74 Å². The third kappa shape index (κ3) is 2.94. The standard InChI is InChI=1S/C13H16BrNO/c1-13(2)15-11(9-16-13)8-12(14)10-6-4-3-5-7-10/h3-8,11,15H,9H2,1-2H3/b12-8-. The maximum atomic E-state index is 5.61. The summed E-state index contributed by atoms with van der Waals surface area (Å²) in [5.41, 5.74) is 0.972. The molecule has 0 amide bonds. The average Bonchev–Trinajstić information content (AvgIpc) is 2.59. The van der Waals surface area contributed by atoms with Crippen molar-refractivity contribution >= 4 is 20.4 Å². The van der Waals surface area contributed by atoms with Crippen LogP contribution in [0, 0.1) is 0 Å². The van der Waals surface area contributed by atoms with Gasteiger partial charge < -0.3 is 4.74 Å². The van der Waals surface area contributed by atoms with Gasteiger partial charge in [-0.3, -0.25) is 5.32 Å². The zero-order chi connectivity index (χ0) is 11.6. The van der Waals surface area contributed by atoms with E-state index < -0.39 is 0 Å². The van der Waals surface area contributed by atoms with Gasteiger partial charge in [-0.05, 0) is 19.4 Å². The van der Waals surface area contributed by atoms with Crippen molar-refractivity contribution in [3.05, 3.63) is 42.0 Å². The van der Waals surface area contributed by atoms with Crippen molar-refractivity contribution in [3.63, 3.8) is 0 Å². The first kappa shape index (κ1) is 11.8. The molecule has 2 rings (SSSR count). The second-order valence-electron chi connectivity index (χ2n) is 4.45. The van der Waals surface area contributed by atoms with Gasteiger partial charge in [0.2, 0.25) is 0 Å². The lowest BCUT2D eigenvalue weighted by Gasteiger charge is -2.17. The zero-order valence-electron chi connectivity index (χ0n) is 9.53. The molecule has 1 heterocycles. The number of ether oxygens (including phenoxy) is 1. The van der Waals surface area contributed by atoms with Crippen LogP contribution in [0.25, 0.3) is 4.48 Å². The van der Waals surface area contributed by atoms with Gasteiger partial charge in [0, 0.05) is 4.48 Å². The summed E-state index contributed by atoms with van der Waals surface area (Å²) >= 11 is 3.60. The van der Waals surface area contributed by atoms with Gasteiger partial charge >= 0.3 is 0 Å². The molecule has 16 heavy (non-hydrogen) atoms. The molecule has 0 radical (unpaired) electrons. The van der Waals surface area contributed by atoms with Crippen molar-refractivity contribution in [2.45, 2.75) is 25.6 Å². The Labute approximate surface area is 105 Å². The van der Waals surface area contributed by atoms with E-state index in [4.69, 9.17) is 4.74 Å². The minimum atomic E-state index is -0.217. The van der Waals surface area contributed by atoms with Crippen LogP contribution in [0.4, 0.5) is 0 Å². The lowest BCUT2D eigenvalue weighted by molar-refractivity contribution is 0.0232. The van der Waals surface area contributed by atoms with Crippen LogP contribution in [-0.4, -0.2) is 18.4 Å². The Morgan fingerprint density at radius 1 is 1.44 bits per heavy atom. The van der Waals surface area contributed by atoms with Crippen molar-refractivity contribution in [3.8, 4) is 0 Å². The summed E-state index contributed by atoms with van der Waals surface area (Å²) in [6.45, 7) is 4.80. The van der Waals surface area contributed by atoms with E-state index in [0.29, 0.717) is 0 Å². The molecule has 0 aromatic heterocycles. The van der Waals surface area contributed by atoms with Crippen LogP contribution in [0.15, 0.2) is 36.4 Å². The van der Waals surface area contributed by atoms with E-state index >= 15 is 0 Å². The summed E-state index contributed by atoms with van der Waals surface area (Å²) in [5, 5.41) is 3.40. The fourth-order valence-electron chi connectivity index (χ4n) is 1.79. The first-order chi connectivity index (χ1) is 7.57. The summed E-state index contributed by atoms with van der Waals surface area (Å²) in [6, 6.07) is 10.5. The minimum absolute atomic E-state index is 0.217. The highest BCUT2D eigenvalue weighted by molar-refractivity contribution is 9.15. The van der Waals surface area contributed by atoms with Crippen molar-refractivity contribution in [1.29, 1.82) is 0 Å². The van der Waals surface area contributed by atoms with Gasteiger partial charge in [-0.25, -0.2) is 0 Å². The average molecular weight is 282 g/mol. The largest absolute Gasteiger partial charge is 0.359 e. The Morgan fingerprint density at radius 3 is 2.69 bits per heavy atom. The molecule has 1 atom stereocenters. The van der Waals surface area contributed by atoms with Crippen molar-refractivity contribution in [2.75, 3.05) is 6.61 Å². The van der Waals surface area contributed by atoms with Gasteiger partial charge in [0.25, 0.3) is 0 Å². The van der Waals surface area contributed by atoms with Crippen LogP contribution < -0.4 is 5.32 Å². The molecule has 1 unspecified atom stereocenters. The molecule has 0 saturated carbocycles. The fourth-order valence-corrected chi connectivity index (χ4v) is 2.37. The van der Waals surface area contributed by atoms with E-state index in [2.05, 4.69) is 39.5 Å². The molecule has 0 bridgehead atoms. The second kappa shape index (κ2) is 4.70. The molecule has 1 saturated heterocycles. The lowest BCUT2D eigenvalue weighted by Crippen LogP contribution is -2.37. The molecule has 1 fully saturated rings.